The fourth-order valence-electron chi connectivity index (χ4n) is 3.77. The van der Waals surface area contributed by atoms with Gasteiger partial charge in [-0.05, 0) is 41.6 Å². The van der Waals surface area contributed by atoms with Crippen molar-refractivity contribution in [3.63, 3.8) is 0 Å². The van der Waals surface area contributed by atoms with Gasteiger partial charge in [-0.2, -0.15) is 16.3 Å². The number of aromatic nitrogens is 4. The van der Waals surface area contributed by atoms with Crippen molar-refractivity contribution in [1.82, 2.24) is 20.1 Å². The molecule has 0 radical (unpaired) electrons. The Kier molecular flexibility index (Phi) is 4.63. The van der Waals surface area contributed by atoms with Crippen LogP contribution in [0.3, 0.4) is 0 Å². The van der Waals surface area contributed by atoms with Gasteiger partial charge in [-0.1, -0.05) is 12.1 Å². The van der Waals surface area contributed by atoms with E-state index in [0.29, 0.717) is 11.8 Å². The van der Waals surface area contributed by atoms with Crippen molar-refractivity contribution in [2.24, 2.45) is 0 Å². The number of piperidine rings is 1. The van der Waals surface area contributed by atoms with Gasteiger partial charge in [0.1, 0.15) is 5.82 Å². The second kappa shape index (κ2) is 7.44. The van der Waals surface area contributed by atoms with Gasteiger partial charge in [-0.3, -0.25) is 0 Å². The number of thiophene rings is 1. The Bertz CT molecular complexity index is 1120. The molecule has 1 aliphatic heterocycles. The van der Waals surface area contributed by atoms with Gasteiger partial charge in [-0.15, -0.1) is 0 Å². The number of hydrogen-bond donors (Lipinski definition) is 0. The van der Waals surface area contributed by atoms with Gasteiger partial charge in [0.25, 0.3) is 5.95 Å². The Morgan fingerprint density at radius 3 is 2.83 bits per heavy atom. The molecule has 0 saturated carbocycles. The van der Waals surface area contributed by atoms with Crippen LogP contribution >= 0.6 is 11.3 Å². The number of fused-ring (bicyclic) bond motifs is 1. The maximum atomic E-state index is 5.56. The average Bonchev–Trinajstić information content (AvgIpc) is 3.45. The summed E-state index contributed by atoms with van der Waals surface area (Å²) in [4.78, 5) is 18.5. The molecule has 5 rings (SSSR count). The molecule has 4 heterocycles. The first kappa shape index (κ1) is 18.1. The minimum absolute atomic E-state index is 0.197. The van der Waals surface area contributed by atoms with E-state index in [1.54, 1.807) is 11.3 Å². The molecule has 1 aromatic carbocycles. The van der Waals surface area contributed by atoms with Gasteiger partial charge >= 0.3 is 0 Å². The number of rotatable bonds is 4. The van der Waals surface area contributed by atoms with Crippen LogP contribution in [0.5, 0.6) is 0 Å². The van der Waals surface area contributed by atoms with Gasteiger partial charge < -0.3 is 14.3 Å². The molecule has 0 bridgehead atoms. The van der Waals surface area contributed by atoms with E-state index in [1.165, 1.54) is 0 Å². The molecule has 0 N–H and O–H groups in total. The summed E-state index contributed by atoms with van der Waals surface area (Å²) in [6, 6.07) is 10.3. The highest BCUT2D eigenvalue weighted by atomic mass is 32.1. The highest BCUT2D eigenvalue weighted by Gasteiger charge is 2.28. The molecule has 1 fully saturated rings. The van der Waals surface area contributed by atoms with Crippen LogP contribution in [0, 0.1) is 0 Å². The van der Waals surface area contributed by atoms with Gasteiger partial charge in [0.2, 0.25) is 5.89 Å². The smallest absolute Gasteiger partial charge is 0.265 e. The number of benzene rings is 1. The highest BCUT2D eigenvalue weighted by Crippen LogP contribution is 2.33. The molecule has 0 spiro atoms. The van der Waals surface area contributed by atoms with Gasteiger partial charge in [0.05, 0.1) is 11.4 Å². The molecule has 1 unspecified atom stereocenters. The molecule has 3 aromatic heterocycles. The second-order valence-corrected chi connectivity index (χ2v) is 8.29. The Labute approximate surface area is 173 Å². The van der Waals surface area contributed by atoms with Crippen molar-refractivity contribution in [3.05, 3.63) is 47.0 Å². The quantitative estimate of drug-likeness (QED) is 0.503. The summed E-state index contributed by atoms with van der Waals surface area (Å²) in [7, 11) is 3.83. The number of anilines is 2. The second-order valence-electron chi connectivity index (χ2n) is 7.51. The van der Waals surface area contributed by atoms with E-state index in [1.807, 2.05) is 31.1 Å². The Morgan fingerprint density at radius 2 is 2.03 bits per heavy atom. The zero-order chi connectivity index (χ0) is 19.8. The fraction of sp³-hybridized carbons (Fsp3) is 0.333. The molecule has 148 valence electrons. The molecule has 1 atom stereocenters. The van der Waals surface area contributed by atoms with Crippen molar-refractivity contribution in [2.45, 2.75) is 18.8 Å². The molecule has 0 amide bonds. The van der Waals surface area contributed by atoms with E-state index in [0.717, 1.165) is 54.0 Å². The third kappa shape index (κ3) is 3.44. The maximum Gasteiger partial charge on any atom is 0.265 e. The molecular formula is C21H22N6OS. The lowest BCUT2D eigenvalue weighted by Gasteiger charge is -2.32. The van der Waals surface area contributed by atoms with Crippen LogP contribution in [0.1, 0.15) is 24.7 Å². The van der Waals surface area contributed by atoms with Crippen LogP contribution in [-0.4, -0.2) is 47.3 Å². The molecule has 8 heteroatoms. The van der Waals surface area contributed by atoms with E-state index >= 15 is 0 Å². The zero-order valence-corrected chi connectivity index (χ0v) is 17.3. The normalized spacial score (nSPS) is 17.0. The van der Waals surface area contributed by atoms with Crippen molar-refractivity contribution in [3.8, 4) is 11.4 Å². The SMILES string of the molecule is CN(C)c1noc(C2CCCN(c3nc(-c4ccsc4)nc4ccccc34)C2)n1. The minimum Gasteiger partial charge on any atom is -0.355 e. The average molecular weight is 407 g/mol. The maximum absolute atomic E-state index is 5.56. The summed E-state index contributed by atoms with van der Waals surface area (Å²) in [5, 5.41) is 9.31. The van der Waals surface area contributed by atoms with Gasteiger partial charge in [-0.25, -0.2) is 9.97 Å². The van der Waals surface area contributed by atoms with Gasteiger partial charge in [0.15, 0.2) is 5.82 Å². The molecule has 7 nitrogen and oxygen atoms in total. The minimum atomic E-state index is 0.197. The summed E-state index contributed by atoms with van der Waals surface area (Å²) in [5.74, 6) is 3.27. The lowest BCUT2D eigenvalue weighted by Crippen LogP contribution is -2.35. The lowest BCUT2D eigenvalue weighted by molar-refractivity contribution is 0.333. The van der Waals surface area contributed by atoms with Crippen molar-refractivity contribution in [2.75, 3.05) is 37.0 Å². The summed E-state index contributed by atoms with van der Waals surface area (Å²) < 4.78 is 5.56. The predicted octanol–water partition coefficient (Wildman–Crippen LogP) is 4.19. The van der Waals surface area contributed by atoms with Crippen molar-refractivity contribution < 1.29 is 4.52 Å². The van der Waals surface area contributed by atoms with Crippen LogP contribution in [0.4, 0.5) is 11.8 Å². The summed E-state index contributed by atoms with van der Waals surface area (Å²) >= 11 is 1.66. The molecule has 1 aliphatic rings. The highest BCUT2D eigenvalue weighted by molar-refractivity contribution is 7.08. The van der Waals surface area contributed by atoms with Crippen LogP contribution in [0.15, 0.2) is 45.6 Å². The van der Waals surface area contributed by atoms with E-state index in [2.05, 4.69) is 44.0 Å². The molecule has 0 aliphatic carbocycles. The van der Waals surface area contributed by atoms with E-state index in [4.69, 9.17) is 14.5 Å². The number of para-hydroxylation sites is 1. The first-order chi connectivity index (χ1) is 14.2. The largest absolute Gasteiger partial charge is 0.355 e. The van der Waals surface area contributed by atoms with Crippen LogP contribution in [0.25, 0.3) is 22.3 Å². The third-order valence-electron chi connectivity index (χ3n) is 5.26. The number of nitrogens with zero attached hydrogens (tertiary/aromatic N) is 6. The van der Waals surface area contributed by atoms with E-state index in [9.17, 15) is 0 Å². The van der Waals surface area contributed by atoms with Crippen molar-refractivity contribution >= 4 is 34.0 Å². The third-order valence-corrected chi connectivity index (χ3v) is 5.95. The summed E-state index contributed by atoms with van der Waals surface area (Å²) in [6.45, 7) is 1.76. The monoisotopic (exact) mass is 406 g/mol. The standard InChI is InChI=1S/C21H22N6OS/c1-26(2)21-24-20(28-25-21)14-6-5-10-27(12-14)19-16-7-3-4-8-17(16)22-18(23-19)15-9-11-29-13-15/h3-4,7-9,11,13-14H,5-6,10,12H2,1-2H3. The number of hydrogen-bond acceptors (Lipinski definition) is 8. The predicted molar refractivity (Wildman–Crippen MR) is 116 cm³/mol. The molecule has 1 saturated heterocycles. The first-order valence-electron chi connectivity index (χ1n) is 9.74. The van der Waals surface area contributed by atoms with E-state index < -0.39 is 0 Å². The van der Waals surface area contributed by atoms with Crippen LogP contribution in [-0.2, 0) is 0 Å². The molecule has 4 aromatic rings. The Balaban J connectivity index is 1.52. The van der Waals surface area contributed by atoms with E-state index in [-0.39, 0.29) is 5.92 Å². The zero-order valence-electron chi connectivity index (χ0n) is 16.4. The molecular weight excluding hydrogens is 384 g/mol. The van der Waals surface area contributed by atoms with Gasteiger partial charge in [0, 0.05) is 43.5 Å². The van der Waals surface area contributed by atoms with Crippen LogP contribution in [0.2, 0.25) is 0 Å². The van der Waals surface area contributed by atoms with Crippen LogP contribution < -0.4 is 9.80 Å². The lowest BCUT2D eigenvalue weighted by atomic mass is 9.97. The Morgan fingerprint density at radius 1 is 1.14 bits per heavy atom. The molecule has 29 heavy (non-hydrogen) atoms. The first-order valence-corrected chi connectivity index (χ1v) is 10.7. The fourth-order valence-corrected chi connectivity index (χ4v) is 4.40. The Hall–Kier alpha value is -3.00. The van der Waals surface area contributed by atoms with Crippen molar-refractivity contribution in [1.29, 1.82) is 0 Å². The summed E-state index contributed by atoms with van der Waals surface area (Å²) in [5.41, 5.74) is 2.02. The summed E-state index contributed by atoms with van der Waals surface area (Å²) in [6.07, 6.45) is 2.09. The topological polar surface area (TPSA) is 71.2 Å².